The Bertz CT molecular complexity index is 626. The third-order valence-corrected chi connectivity index (χ3v) is 3.68. The van der Waals surface area contributed by atoms with Crippen molar-refractivity contribution < 1.29 is 0 Å². The summed E-state index contributed by atoms with van der Waals surface area (Å²) in [6.07, 6.45) is 10.1. The van der Waals surface area contributed by atoms with Crippen molar-refractivity contribution in [2.24, 2.45) is 0 Å². The second kappa shape index (κ2) is 5.41. The molecule has 0 spiro atoms. The Labute approximate surface area is 119 Å². The third kappa shape index (κ3) is 2.54. The van der Waals surface area contributed by atoms with Crippen molar-refractivity contribution in [1.29, 1.82) is 0 Å². The van der Waals surface area contributed by atoms with Crippen molar-refractivity contribution in [3.63, 3.8) is 0 Å². The summed E-state index contributed by atoms with van der Waals surface area (Å²) >= 11 is 0. The maximum absolute atomic E-state index is 4.69. The summed E-state index contributed by atoms with van der Waals surface area (Å²) in [4.78, 5) is 13.3. The van der Waals surface area contributed by atoms with E-state index in [-0.39, 0.29) is 0 Å². The Morgan fingerprint density at radius 1 is 1.05 bits per heavy atom. The van der Waals surface area contributed by atoms with Gasteiger partial charge in [-0.25, -0.2) is 9.97 Å². The molecule has 0 saturated heterocycles. The number of nitrogens with zero attached hydrogens (tertiary/aromatic N) is 3. The van der Waals surface area contributed by atoms with Crippen molar-refractivity contribution in [3.05, 3.63) is 47.9 Å². The molecule has 1 aliphatic carbocycles. The topological polar surface area (TPSA) is 50.7 Å². The van der Waals surface area contributed by atoms with E-state index in [1.165, 1.54) is 0 Å². The van der Waals surface area contributed by atoms with E-state index in [1.807, 2.05) is 19.1 Å². The Morgan fingerprint density at radius 3 is 2.45 bits per heavy atom. The number of hydrogen-bond acceptors (Lipinski definition) is 4. The van der Waals surface area contributed by atoms with Gasteiger partial charge in [-0.3, -0.25) is 4.98 Å². The molecule has 0 unspecified atom stereocenters. The van der Waals surface area contributed by atoms with Crippen LogP contribution < -0.4 is 5.32 Å². The molecule has 0 amide bonds. The zero-order valence-corrected chi connectivity index (χ0v) is 11.8. The van der Waals surface area contributed by atoms with Gasteiger partial charge in [-0.2, -0.15) is 0 Å². The number of nitrogens with one attached hydrogen (secondary N) is 1. The van der Waals surface area contributed by atoms with E-state index < -0.39 is 0 Å². The number of rotatable bonds is 3. The molecule has 0 aromatic carbocycles. The molecule has 0 atom stereocenters. The smallest absolute Gasteiger partial charge is 0.161 e. The molecule has 0 bridgehead atoms. The van der Waals surface area contributed by atoms with Crippen LogP contribution >= 0.6 is 0 Å². The van der Waals surface area contributed by atoms with Gasteiger partial charge in [0.2, 0.25) is 0 Å². The van der Waals surface area contributed by atoms with Crippen LogP contribution in [0.25, 0.3) is 11.4 Å². The van der Waals surface area contributed by atoms with E-state index in [0.717, 1.165) is 41.3 Å². The molecule has 2 aromatic heterocycles. The minimum Gasteiger partial charge on any atom is -0.366 e. The third-order valence-electron chi connectivity index (χ3n) is 3.68. The molecule has 102 valence electrons. The largest absolute Gasteiger partial charge is 0.366 e. The summed E-state index contributed by atoms with van der Waals surface area (Å²) in [6, 6.07) is 4.32. The van der Waals surface area contributed by atoms with Crippen LogP contribution in [0.5, 0.6) is 0 Å². The highest BCUT2D eigenvalue weighted by molar-refractivity contribution is 5.59. The maximum atomic E-state index is 4.69. The van der Waals surface area contributed by atoms with Crippen molar-refractivity contribution in [2.45, 2.75) is 32.7 Å². The van der Waals surface area contributed by atoms with Gasteiger partial charge in [-0.15, -0.1) is 0 Å². The van der Waals surface area contributed by atoms with Crippen LogP contribution in [-0.4, -0.2) is 21.0 Å². The summed E-state index contributed by atoms with van der Waals surface area (Å²) in [7, 11) is 0. The first-order valence-corrected chi connectivity index (χ1v) is 6.91. The number of aryl methyl sites for hydroxylation is 1. The molecule has 0 radical (unpaired) electrons. The molecule has 0 fully saturated rings. The predicted molar refractivity (Wildman–Crippen MR) is 80.5 cm³/mol. The molecule has 0 aliphatic heterocycles. The van der Waals surface area contributed by atoms with Gasteiger partial charge in [0.15, 0.2) is 5.82 Å². The lowest BCUT2D eigenvalue weighted by molar-refractivity contribution is 0.777. The monoisotopic (exact) mass is 266 g/mol. The quantitative estimate of drug-likeness (QED) is 0.866. The lowest BCUT2D eigenvalue weighted by Gasteiger charge is -2.16. The average molecular weight is 266 g/mol. The summed E-state index contributed by atoms with van der Waals surface area (Å²) in [5, 5.41) is 3.53. The Hall–Kier alpha value is -2.23. The highest BCUT2D eigenvalue weighted by atomic mass is 15.1. The van der Waals surface area contributed by atoms with Crippen molar-refractivity contribution in [2.75, 3.05) is 5.32 Å². The van der Waals surface area contributed by atoms with Crippen LogP contribution in [0.1, 0.15) is 24.1 Å². The van der Waals surface area contributed by atoms with Crippen LogP contribution in [0.3, 0.4) is 0 Å². The highest BCUT2D eigenvalue weighted by Gasteiger charge is 2.14. The van der Waals surface area contributed by atoms with Gasteiger partial charge in [-0.1, -0.05) is 12.2 Å². The summed E-state index contributed by atoms with van der Waals surface area (Å²) in [5.41, 5.74) is 3.13. The molecular formula is C16H18N4. The molecule has 4 nitrogen and oxygen atoms in total. The van der Waals surface area contributed by atoms with E-state index in [0.29, 0.717) is 6.04 Å². The molecule has 3 rings (SSSR count). The fourth-order valence-electron chi connectivity index (χ4n) is 2.33. The summed E-state index contributed by atoms with van der Waals surface area (Å²) in [6.45, 7) is 4.09. The number of hydrogen-bond donors (Lipinski definition) is 1. The molecular weight excluding hydrogens is 248 g/mol. The SMILES string of the molecule is Cc1nc(-c2ccncc2)nc(NC2CC=CC2)c1C. The predicted octanol–water partition coefficient (Wildman–Crippen LogP) is 3.29. The zero-order chi connectivity index (χ0) is 13.9. The first-order chi connectivity index (χ1) is 9.74. The van der Waals surface area contributed by atoms with E-state index in [2.05, 4.69) is 39.3 Å². The second-order valence-electron chi connectivity index (χ2n) is 5.13. The minimum absolute atomic E-state index is 0.452. The van der Waals surface area contributed by atoms with E-state index in [4.69, 9.17) is 0 Å². The van der Waals surface area contributed by atoms with Crippen LogP contribution in [-0.2, 0) is 0 Å². The van der Waals surface area contributed by atoms with Crippen LogP contribution in [0, 0.1) is 13.8 Å². The Morgan fingerprint density at radius 2 is 1.75 bits per heavy atom. The van der Waals surface area contributed by atoms with E-state index >= 15 is 0 Å². The van der Waals surface area contributed by atoms with Crippen LogP contribution in [0.15, 0.2) is 36.7 Å². The molecule has 20 heavy (non-hydrogen) atoms. The number of anilines is 1. The van der Waals surface area contributed by atoms with Crippen molar-refractivity contribution in [1.82, 2.24) is 15.0 Å². The molecule has 4 heteroatoms. The number of aromatic nitrogens is 3. The fourth-order valence-corrected chi connectivity index (χ4v) is 2.33. The average Bonchev–Trinajstić information content (AvgIpc) is 2.97. The van der Waals surface area contributed by atoms with Crippen molar-refractivity contribution >= 4 is 5.82 Å². The van der Waals surface area contributed by atoms with Gasteiger partial charge in [0.05, 0.1) is 0 Å². The molecule has 2 aromatic rings. The summed E-state index contributed by atoms with van der Waals surface area (Å²) < 4.78 is 0. The van der Waals surface area contributed by atoms with Gasteiger partial charge in [0, 0.05) is 35.3 Å². The number of pyridine rings is 1. The Kier molecular flexibility index (Phi) is 3.46. The van der Waals surface area contributed by atoms with Crippen LogP contribution in [0.4, 0.5) is 5.82 Å². The van der Waals surface area contributed by atoms with E-state index in [1.54, 1.807) is 12.4 Å². The zero-order valence-electron chi connectivity index (χ0n) is 11.8. The highest BCUT2D eigenvalue weighted by Crippen LogP contribution is 2.23. The van der Waals surface area contributed by atoms with Gasteiger partial charge in [0.25, 0.3) is 0 Å². The molecule has 2 heterocycles. The van der Waals surface area contributed by atoms with Gasteiger partial charge < -0.3 is 5.32 Å². The standard InChI is InChI=1S/C16H18N4/c1-11-12(2)18-16(13-7-9-17-10-8-13)20-15(11)19-14-5-3-4-6-14/h3-4,7-10,14H,5-6H2,1-2H3,(H,18,19,20). The van der Waals surface area contributed by atoms with Gasteiger partial charge in [0.1, 0.15) is 5.82 Å². The van der Waals surface area contributed by atoms with Gasteiger partial charge >= 0.3 is 0 Å². The summed E-state index contributed by atoms with van der Waals surface area (Å²) in [5.74, 6) is 1.70. The molecule has 1 aliphatic rings. The lowest BCUT2D eigenvalue weighted by atomic mass is 10.2. The normalized spacial score (nSPS) is 14.7. The first-order valence-electron chi connectivity index (χ1n) is 6.91. The molecule has 1 N–H and O–H groups in total. The maximum Gasteiger partial charge on any atom is 0.161 e. The van der Waals surface area contributed by atoms with E-state index in [9.17, 15) is 0 Å². The fraction of sp³-hybridized carbons (Fsp3) is 0.312. The lowest BCUT2D eigenvalue weighted by Crippen LogP contribution is -2.18. The second-order valence-corrected chi connectivity index (χ2v) is 5.13. The van der Waals surface area contributed by atoms with Crippen LogP contribution in [0.2, 0.25) is 0 Å². The first kappa shape index (κ1) is 12.8. The minimum atomic E-state index is 0.452. The molecule has 0 saturated carbocycles. The van der Waals surface area contributed by atoms with Gasteiger partial charge in [-0.05, 0) is 38.8 Å². The van der Waals surface area contributed by atoms with Crippen molar-refractivity contribution in [3.8, 4) is 11.4 Å². The Balaban J connectivity index is 1.95.